The van der Waals surface area contributed by atoms with Gasteiger partial charge in [0, 0.05) is 6.42 Å². The number of rotatable bonds is 18. The molecule has 0 aromatic carbocycles. The molecule has 3 N–H and O–H groups in total. The summed E-state index contributed by atoms with van der Waals surface area (Å²) in [5.74, 6) is 0. The number of hydrogen-bond donors (Lipinski definition) is 1. The van der Waals surface area contributed by atoms with E-state index in [1.807, 2.05) is 0 Å². The Bertz CT molecular complexity index is 194. The van der Waals surface area contributed by atoms with Crippen LogP contribution in [0.5, 0.6) is 0 Å². The van der Waals surface area contributed by atoms with E-state index in [0.717, 1.165) is 19.1 Å². The molecule has 0 aliphatic rings. The molecule has 0 rings (SSSR count). The van der Waals surface area contributed by atoms with E-state index in [0.29, 0.717) is 0 Å². The third-order valence-corrected chi connectivity index (χ3v) is 4.43. The number of carbonyl (C=O) groups excluding carboxylic acids is 1. The Morgan fingerprint density at radius 3 is 1.05 bits per heavy atom. The highest BCUT2D eigenvalue weighted by atomic mass is 16.1. The van der Waals surface area contributed by atoms with Crippen molar-refractivity contribution in [3.63, 3.8) is 0 Å². The van der Waals surface area contributed by atoms with Gasteiger partial charge < -0.3 is 10.9 Å². The normalized spacial score (nSPS) is 10.4. The van der Waals surface area contributed by atoms with Crippen LogP contribution in [0.4, 0.5) is 0 Å². The summed E-state index contributed by atoms with van der Waals surface area (Å²) in [6, 6.07) is 0. The van der Waals surface area contributed by atoms with Crippen LogP contribution in [-0.2, 0) is 4.79 Å². The topological polar surface area (TPSA) is 52.1 Å². The van der Waals surface area contributed by atoms with Crippen molar-refractivity contribution in [2.24, 2.45) is 0 Å². The number of hydrogen-bond acceptors (Lipinski definition) is 2. The molecular weight excluding hydrogens is 270 g/mol. The second-order valence-corrected chi connectivity index (χ2v) is 6.61. The Labute approximate surface area is 140 Å². The lowest BCUT2D eigenvalue weighted by Gasteiger charge is -2.03. The van der Waals surface area contributed by atoms with E-state index in [1.54, 1.807) is 0 Å². The molecule has 0 saturated carbocycles. The molecule has 0 aliphatic carbocycles. The predicted octanol–water partition coefficient (Wildman–Crippen LogP) is 7.39. The number of unbranched alkanes of at least 4 members (excludes halogenated alkanes) is 17. The summed E-state index contributed by atoms with van der Waals surface area (Å²) < 4.78 is 0. The van der Waals surface area contributed by atoms with Gasteiger partial charge >= 0.3 is 0 Å². The molecule has 0 aromatic rings. The first-order valence-corrected chi connectivity index (χ1v) is 9.85. The average molecular weight is 314 g/mol. The van der Waals surface area contributed by atoms with E-state index in [2.05, 4.69) is 6.92 Å². The van der Waals surface area contributed by atoms with Gasteiger partial charge in [0.1, 0.15) is 6.29 Å². The molecule has 134 valence electrons. The Balaban J connectivity index is 0. The SMILES string of the molecule is CCCCCCCCCCCCCCCCCCCC=O.N. The van der Waals surface area contributed by atoms with Crippen molar-refractivity contribution >= 4 is 6.29 Å². The molecule has 0 amide bonds. The highest BCUT2D eigenvalue weighted by molar-refractivity contribution is 5.48. The molecule has 0 heterocycles. The molecule has 0 aromatic heterocycles. The van der Waals surface area contributed by atoms with Gasteiger partial charge in [-0.2, -0.15) is 0 Å². The first kappa shape index (κ1) is 23.9. The van der Waals surface area contributed by atoms with Gasteiger partial charge in [-0.25, -0.2) is 0 Å². The van der Waals surface area contributed by atoms with Gasteiger partial charge in [-0.3, -0.25) is 0 Å². The van der Waals surface area contributed by atoms with Crippen LogP contribution >= 0.6 is 0 Å². The van der Waals surface area contributed by atoms with Gasteiger partial charge in [-0.05, 0) is 6.42 Å². The summed E-state index contributed by atoms with van der Waals surface area (Å²) in [7, 11) is 0. The summed E-state index contributed by atoms with van der Waals surface area (Å²) in [5.41, 5.74) is 0. The zero-order valence-corrected chi connectivity index (χ0v) is 15.4. The molecule has 0 fully saturated rings. The van der Waals surface area contributed by atoms with Crippen molar-refractivity contribution in [3.05, 3.63) is 0 Å². The minimum atomic E-state index is 0. The van der Waals surface area contributed by atoms with Gasteiger partial charge in [0.2, 0.25) is 0 Å². The Morgan fingerprint density at radius 1 is 0.500 bits per heavy atom. The quantitative estimate of drug-likeness (QED) is 0.212. The molecule has 2 heteroatoms. The minimum Gasteiger partial charge on any atom is -0.344 e. The molecule has 0 atom stereocenters. The second kappa shape index (κ2) is 22.9. The maximum atomic E-state index is 10.2. The van der Waals surface area contributed by atoms with E-state index >= 15 is 0 Å². The molecule has 0 aliphatic heterocycles. The lowest BCUT2D eigenvalue weighted by atomic mass is 10.0. The first-order chi connectivity index (χ1) is 10.4. The molecular formula is C20H43NO. The van der Waals surface area contributed by atoms with Crippen molar-refractivity contribution in [2.45, 2.75) is 122 Å². The Kier molecular flexibility index (Phi) is 24.9. The van der Waals surface area contributed by atoms with Crippen LogP contribution in [0.3, 0.4) is 0 Å². The van der Waals surface area contributed by atoms with Crippen molar-refractivity contribution in [3.8, 4) is 0 Å². The third kappa shape index (κ3) is 21.9. The zero-order chi connectivity index (χ0) is 15.4. The fourth-order valence-electron chi connectivity index (χ4n) is 2.95. The van der Waals surface area contributed by atoms with Crippen molar-refractivity contribution < 1.29 is 4.79 Å². The molecule has 0 unspecified atom stereocenters. The van der Waals surface area contributed by atoms with E-state index in [-0.39, 0.29) is 6.15 Å². The van der Waals surface area contributed by atoms with Gasteiger partial charge in [0.05, 0.1) is 0 Å². The van der Waals surface area contributed by atoms with Crippen LogP contribution in [0, 0.1) is 0 Å². The van der Waals surface area contributed by atoms with E-state index in [1.165, 1.54) is 103 Å². The lowest BCUT2D eigenvalue weighted by Crippen LogP contribution is -1.84. The van der Waals surface area contributed by atoms with Crippen LogP contribution in [0.15, 0.2) is 0 Å². The molecule has 0 bridgehead atoms. The lowest BCUT2D eigenvalue weighted by molar-refractivity contribution is -0.107. The highest BCUT2D eigenvalue weighted by Gasteiger charge is 1.94. The van der Waals surface area contributed by atoms with Gasteiger partial charge in [0.25, 0.3) is 0 Å². The minimum absolute atomic E-state index is 0. The van der Waals surface area contributed by atoms with Gasteiger partial charge in [-0.1, -0.05) is 110 Å². The van der Waals surface area contributed by atoms with E-state index < -0.39 is 0 Å². The largest absolute Gasteiger partial charge is 0.344 e. The fraction of sp³-hybridized carbons (Fsp3) is 0.950. The second-order valence-electron chi connectivity index (χ2n) is 6.61. The summed E-state index contributed by atoms with van der Waals surface area (Å²) in [4.78, 5) is 10.2. The van der Waals surface area contributed by atoms with Crippen molar-refractivity contribution in [2.75, 3.05) is 0 Å². The Hall–Kier alpha value is -0.370. The standard InChI is InChI=1S/C20H40O.H3N/c1-2-3-4-5-6-7-8-9-10-11-12-13-14-15-16-17-18-19-20-21;/h20H,2-19H2,1H3;1H3. The molecule has 2 nitrogen and oxygen atoms in total. The van der Waals surface area contributed by atoms with Crippen molar-refractivity contribution in [1.29, 1.82) is 0 Å². The van der Waals surface area contributed by atoms with Crippen molar-refractivity contribution in [1.82, 2.24) is 6.15 Å². The maximum Gasteiger partial charge on any atom is 0.119 e. The van der Waals surface area contributed by atoms with Crippen LogP contribution < -0.4 is 6.15 Å². The fourth-order valence-corrected chi connectivity index (χ4v) is 2.95. The third-order valence-electron chi connectivity index (χ3n) is 4.43. The van der Waals surface area contributed by atoms with E-state index in [9.17, 15) is 4.79 Å². The monoisotopic (exact) mass is 313 g/mol. The maximum absolute atomic E-state index is 10.2. The van der Waals surface area contributed by atoms with Crippen LogP contribution in [0.1, 0.15) is 122 Å². The summed E-state index contributed by atoms with van der Waals surface area (Å²) in [6.45, 7) is 2.29. The predicted molar refractivity (Wildman–Crippen MR) is 99.9 cm³/mol. The Morgan fingerprint density at radius 2 is 0.773 bits per heavy atom. The number of carbonyl (C=O) groups is 1. The summed E-state index contributed by atoms with van der Waals surface area (Å²) >= 11 is 0. The first-order valence-electron chi connectivity index (χ1n) is 9.85. The molecule has 0 saturated heterocycles. The van der Waals surface area contributed by atoms with Gasteiger partial charge in [0.15, 0.2) is 0 Å². The van der Waals surface area contributed by atoms with Crippen LogP contribution in [-0.4, -0.2) is 6.29 Å². The van der Waals surface area contributed by atoms with Crippen LogP contribution in [0.25, 0.3) is 0 Å². The van der Waals surface area contributed by atoms with E-state index in [4.69, 9.17) is 0 Å². The summed E-state index contributed by atoms with van der Waals surface area (Å²) in [6.07, 6.45) is 25.5. The smallest absolute Gasteiger partial charge is 0.119 e. The molecule has 0 radical (unpaired) electrons. The molecule has 0 spiro atoms. The zero-order valence-electron chi connectivity index (χ0n) is 15.4. The highest BCUT2D eigenvalue weighted by Crippen LogP contribution is 2.14. The molecule has 22 heavy (non-hydrogen) atoms. The summed E-state index contributed by atoms with van der Waals surface area (Å²) in [5, 5.41) is 0. The number of aldehydes is 1. The van der Waals surface area contributed by atoms with Crippen LogP contribution in [0.2, 0.25) is 0 Å². The average Bonchev–Trinajstić information content (AvgIpc) is 2.50. The van der Waals surface area contributed by atoms with Gasteiger partial charge in [-0.15, -0.1) is 0 Å².